The number of nitrogens with two attached hydrogens (primary N) is 2. The molecule has 0 saturated heterocycles. The van der Waals surface area contributed by atoms with Gasteiger partial charge in [-0.2, -0.15) is 35.1 Å². The quantitative estimate of drug-likeness (QED) is 0.572. The van der Waals surface area contributed by atoms with Crippen LogP contribution in [0.2, 0.25) is 0 Å². The lowest BCUT2D eigenvalue weighted by atomic mass is 9.68. The highest BCUT2D eigenvalue weighted by Gasteiger charge is 2.99. The molecule has 1 fully saturated rings. The minimum atomic E-state index is -6.35. The summed E-state index contributed by atoms with van der Waals surface area (Å²) in [5.74, 6) is -24.5. The molecule has 2 aromatic rings. The molecule has 1 aliphatic carbocycles. The molecule has 1 saturated carbocycles. The van der Waals surface area contributed by atoms with Crippen molar-refractivity contribution in [2.24, 2.45) is 0 Å². The summed E-state index contributed by atoms with van der Waals surface area (Å²) < 4.78 is 116. The lowest BCUT2D eigenvalue weighted by molar-refractivity contribution is -0.303. The molecule has 4 N–H and O–H groups in total. The van der Waals surface area contributed by atoms with Crippen LogP contribution in [0, 0.1) is 0 Å². The van der Waals surface area contributed by atoms with E-state index in [1.165, 1.54) is 0 Å². The molecule has 146 valence electrons. The van der Waals surface area contributed by atoms with Crippen LogP contribution in [-0.4, -0.2) is 23.7 Å². The molecule has 2 aromatic carbocycles. The third-order valence-corrected chi connectivity index (χ3v) is 4.76. The molecule has 10 heteroatoms. The predicted molar refractivity (Wildman–Crippen MR) is 82.3 cm³/mol. The fraction of sp³-hybridized carbons (Fsp3) is 0.294. The van der Waals surface area contributed by atoms with E-state index in [1.807, 2.05) is 0 Å². The van der Waals surface area contributed by atoms with Gasteiger partial charge in [-0.25, -0.2) is 0 Å². The van der Waals surface area contributed by atoms with E-state index in [2.05, 4.69) is 0 Å². The van der Waals surface area contributed by atoms with Crippen molar-refractivity contribution in [1.29, 1.82) is 0 Å². The summed E-state index contributed by atoms with van der Waals surface area (Å²) in [6, 6.07) is 6.41. The zero-order valence-corrected chi connectivity index (χ0v) is 13.3. The maximum absolute atomic E-state index is 14.9. The van der Waals surface area contributed by atoms with Crippen molar-refractivity contribution in [3.63, 3.8) is 0 Å². The monoisotopic (exact) mass is 396 g/mol. The van der Waals surface area contributed by atoms with Gasteiger partial charge in [0.25, 0.3) is 0 Å². The van der Waals surface area contributed by atoms with Gasteiger partial charge < -0.3 is 11.5 Å². The first kappa shape index (κ1) is 19.2. The minimum absolute atomic E-state index is 0.346. The summed E-state index contributed by atoms with van der Waals surface area (Å²) >= 11 is 0. The predicted octanol–water partition coefficient (Wildman–Crippen LogP) is 4.69. The maximum atomic E-state index is 14.9. The van der Waals surface area contributed by atoms with Crippen molar-refractivity contribution in [2.45, 2.75) is 29.1 Å². The van der Waals surface area contributed by atoms with Gasteiger partial charge in [-0.1, -0.05) is 24.3 Å². The lowest BCUT2D eigenvalue weighted by Gasteiger charge is -2.39. The van der Waals surface area contributed by atoms with Crippen LogP contribution >= 0.6 is 0 Å². The average molecular weight is 396 g/mol. The van der Waals surface area contributed by atoms with E-state index >= 15 is 0 Å². The highest BCUT2D eigenvalue weighted by atomic mass is 19.4. The molecular formula is C17H12F8N2. The van der Waals surface area contributed by atoms with Crippen molar-refractivity contribution in [2.75, 3.05) is 11.5 Å². The Kier molecular flexibility index (Phi) is 3.75. The number of halogens is 8. The molecule has 3 rings (SSSR count). The van der Waals surface area contributed by atoms with E-state index in [9.17, 15) is 35.1 Å². The second-order valence-electron chi connectivity index (χ2n) is 6.30. The molecule has 2 nitrogen and oxygen atoms in total. The summed E-state index contributed by atoms with van der Waals surface area (Å²) in [7, 11) is 0. The van der Waals surface area contributed by atoms with E-state index in [-0.39, 0.29) is 11.4 Å². The Morgan fingerprint density at radius 3 is 1.15 bits per heavy atom. The van der Waals surface area contributed by atoms with Crippen LogP contribution in [0.15, 0.2) is 48.5 Å². The van der Waals surface area contributed by atoms with E-state index in [4.69, 9.17) is 11.5 Å². The van der Waals surface area contributed by atoms with Gasteiger partial charge in [0.1, 0.15) is 0 Å². The van der Waals surface area contributed by atoms with Crippen LogP contribution in [0.5, 0.6) is 0 Å². The number of alkyl halides is 8. The molecular weight excluding hydrogens is 384 g/mol. The van der Waals surface area contributed by atoms with Gasteiger partial charge in [-0.15, -0.1) is 0 Å². The highest BCUT2D eigenvalue weighted by Crippen LogP contribution is 2.73. The Morgan fingerprint density at radius 2 is 0.852 bits per heavy atom. The van der Waals surface area contributed by atoms with E-state index < -0.39 is 40.2 Å². The van der Waals surface area contributed by atoms with Crippen molar-refractivity contribution in [3.05, 3.63) is 59.7 Å². The largest absolute Gasteiger partial charge is 0.399 e. The first-order valence-electron chi connectivity index (χ1n) is 7.48. The van der Waals surface area contributed by atoms with E-state index in [0.717, 1.165) is 24.3 Å². The number of benzene rings is 2. The molecule has 1 aliphatic rings. The van der Waals surface area contributed by atoms with Gasteiger partial charge in [0.05, 0.1) is 0 Å². The number of hydrogen-bond acceptors (Lipinski definition) is 2. The van der Waals surface area contributed by atoms with Gasteiger partial charge >= 0.3 is 23.7 Å². The molecule has 0 unspecified atom stereocenters. The summed E-state index contributed by atoms with van der Waals surface area (Å²) in [4.78, 5) is 0. The van der Waals surface area contributed by atoms with Crippen molar-refractivity contribution >= 4 is 11.4 Å². The maximum Gasteiger partial charge on any atom is 0.379 e. The van der Waals surface area contributed by atoms with Gasteiger partial charge in [-0.3, -0.25) is 0 Å². The fourth-order valence-corrected chi connectivity index (χ4v) is 3.50. The van der Waals surface area contributed by atoms with Crippen molar-refractivity contribution in [3.8, 4) is 0 Å². The number of rotatable bonds is 2. The van der Waals surface area contributed by atoms with Crippen LogP contribution in [-0.2, 0) is 5.41 Å². The number of anilines is 2. The van der Waals surface area contributed by atoms with Crippen molar-refractivity contribution in [1.82, 2.24) is 0 Å². The summed E-state index contributed by atoms with van der Waals surface area (Å²) in [6.07, 6.45) is 0. The molecule has 0 bridgehead atoms. The second kappa shape index (κ2) is 5.26. The first-order valence-corrected chi connectivity index (χ1v) is 7.48. The second-order valence-corrected chi connectivity index (χ2v) is 6.30. The zero-order chi connectivity index (χ0) is 20.5. The summed E-state index contributed by atoms with van der Waals surface area (Å²) in [5.41, 5.74) is 3.37. The Balaban J connectivity index is 2.55. The normalized spacial score (nSPS) is 23.9. The van der Waals surface area contributed by atoms with Crippen LogP contribution in [0.3, 0.4) is 0 Å². The van der Waals surface area contributed by atoms with Gasteiger partial charge in [-0.05, 0) is 35.4 Å². The third kappa shape index (κ3) is 1.95. The summed E-state index contributed by atoms with van der Waals surface area (Å²) in [5, 5.41) is 0. The molecule has 0 radical (unpaired) electrons. The standard InChI is InChI=1S/C17H12F8N2/c18-14(19)13(9-3-1-5-11(26)7-9,10-4-2-6-12(27)8-10)15(20,21)17(24,25)16(14,22)23/h1-8H,26-27H2. The van der Waals surface area contributed by atoms with E-state index in [1.54, 1.807) is 0 Å². The molecule has 0 heterocycles. The van der Waals surface area contributed by atoms with Crippen LogP contribution < -0.4 is 11.5 Å². The van der Waals surface area contributed by atoms with Gasteiger partial charge in [0, 0.05) is 11.4 Å². The zero-order valence-electron chi connectivity index (χ0n) is 13.3. The van der Waals surface area contributed by atoms with Crippen LogP contribution in [0.25, 0.3) is 0 Å². The van der Waals surface area contributed by atoms with Gasteiger partial charge in [0.15, 0.2) is 5.41 Å². The minimum Gasteiger partial charge on any atom is -0.399 e. The Labute approximate surface area is 147 Å². The Hall–Kier alpha value is -2.52. The SMILES string of the molecule is Nc1cccc(C2(c3cccc(N)c3)C(F)(F)C(F)(F)C(F)(F)C2(F)F)c1. The van der Waals surface area contributed by atoms with Crippen molar-refractivity contribution < 1.29 is 35.1 Å². The smallest absolute Gasteiger partial charge is 0.379 e. The molecule has 0 amide bonds. The first-order chi connectivity index (χ1) is 12.2. The molecule has 27 heavy (non-hydrogen) atoms. The molecule has 0 spiro atoms. The van der Waals surface area contributed by atoms with Crippen LogP contribution in [0.1, 0.15) is 11.1 Å². The number of hydrogen-bond donors (Lipinski definition) is 2. The molecule has 0 aromatic heterocycles. The fourth-order valence-electron chi connectivity index (χ4n) is 3.50. The Morgan fingerprint density at radius 1 is 0.519 bits per heavy atom. The Bertz CT molecular complexity index is 821. The number of nitrogen functional groups attached to an aromatic ring is 2. The highest BCUT2D eigenvalue weighted by molar-refractivity contribution is 5.58. The lowest BCUT2D eigenvalue weighted by Crippen LogP contribution is -2.56. The topological polar surface area (TPSA) is 52.0 Å². The van der Waals surface area contributed by atoms with Crippen LogP contribution in [0.4, 0.5) is 46.5 Å². The average Bonchev–Trinajstić information content (AvgIpc) is 2.60. The van der Waals surface area contributed by atoms with E-state index in [0.29, 0.717) is 24.3 Å². The molecule has 0 aliphatic heterocycles. The van der Waals surface area contributed by atoms with Gasteiger partial charge in [0.2, 0.25) is 0 Å². The third-order valence-electron chi connectivity index (χ3n) is 4.76. The summed E-state index contributed by atoms with van der Waals surface area (Å²) in [6.45, 7) is 0. The molecule has 0 atom stereocenters.